The van der Waals surface area contributed by atoms with E-state index in [1.165, 1.54) is 6.07 Å². The van der Waals surface area contributed by atoms with Crippen molar-refractivity contribution in [3.63, 3.8) is 0 Å². The van der Waals surface area contributed by atoms with Crippen LogP contribution in [-0.2, 0) is 16.4 Å². The molecule has 2 aromatic rings. The first-order valence-corrected chi connectivity index (χ1v) is 8.27. The molecule has 1 aliphatic rings. The molecule has 0 heterocycles. The highest BCUT2D eigenvalue weighted by atomic mass is 35.5. The monoisotopic (exact) mass is 400 g/mol. The summed E-state index contributed by atoms with van der Waals surface area (Å²) < 4.78 is 44.2. The first-order chi connectivity index (χ1) is 12.3. The second-order valence-electron chi connectivity index (χ2n) is 6.28. The number of carbonyl (C=O) groups excluding carboxylic acids is 1. The van der Waals surface area contributed by atoms with Gasteiger partial charge in [-0.15, -0.1) is 12.4 Å². The number of hydrogen-bond acceptors (Lipinski definition) is 3. The van der Waals surface area contributed by atoms with Crippen molar-refractivity contribution in [2.24, 2.45) is 5.73 Å². The number of anilines is 1. The number of amides is 1. The molecule has 1 amide bonds. The number of halogens is 4. The van der Waals surface area contributed by atoms with Crippen molar-refractivity contribution >= 4 is 24.0 Å². The van der Waals surface area contributed by atoms with E-state index in [0.29, 0.717) is 43.0 Å². The van der Waals surface area contributed by atoms with E-state index in [2.05, 4.69) is 5.32 Å². The molecule has 1 aliphatic carbocycles. The molecule has 0 atom stereocenters. The smallest absolute Gasteiger partial charge is 0.416 e. The van der Waals surface area contributed by atoms with E-state index >= 15 is 0 Å². The Hall–Kier alpha value is -2.25. The van der Waals surface area contributed by atoms with Crippen LogP contribution in [0.1, 0.15) is 24.0 Å². The van der Waals surface area contributed by atoms with Crippen LogP contribution in [0.15, 0.2) is 48.5 Å². The Labute approximate surface area is 161 Å². The molecule has 0 saturated heterocycles. The lowest BCUT2D eigenvalue weighted by Crippen LogP contribution is -2.28. The van der Waals surface area contributed by atoms with Gasteiger partial charge in [0.1, 0.15) is 12.4 Å². The molecule has 146 valence electrons. The van der Waals surface area contributed by atoms with E-state index in [-0.39, 0.29) is 18.3 Å². The van der Waals surface area contributed by atoms with Gasteiger partial charge in [-0.2, -0.15) is 13.2 Å². The van der Waals surface area contributed by atoms with E-state index in [1.807, 2.05) is 0 Å². The van der Waals surface area contributed by atoms with Gasteiger partial charge < -0.3 is 15.8 Å². The van der Waals surface area contributed by atoms with Crippen LogP contribution in [0.5, 0.6) is 5.75 Å². The van der Waals surface area contributed by atoms with E-state index in [1.54, 1.807) is 30.3 Å². The van der Waals surface area contributed by atoms with Gasteiger partial charge in [-0.1, -0.05) is 18.2 Å². The van der Waals surface area contributed by atoms with E-state index in [0.717, 1.165) is 12.1 Å². The molecule has 27 heavy (non-hydrogen) atoms. The van der Waals surface area contributed by atoms with Crippen LogP contribution in [0.4, 0.5) is 18.9 Å². The highest BCUT2D eigenvalue weighted by Crippen LogP contribution is 2.50. The third-order valence-corrected chi connectivity index (χ3v) is 4.43. The average molecular weight is 401 g/mol. The maximum atomic E-state index is 12.9. The average Bonchev–Trinajstić information content (AvgIpc) is 3.42. The molecule has 8 heteroatoms. The van der Waals surface area contributed by atoms with Gasteiger partial charge in [0.05, 0.1) is 11.0 Å². The lowest BCUT2D eigenvalue weighted by atomic mass is 9.93. The van der Waals surface area contributed by atoms with Crippen molar-refractivity contribution in [1.29, 1.82) is 0 Å². The van der Waals surface area contributed by atoms with Crippen LogP contribution < -0.4 is 15.8 Å². The van der Waals surface area contributed by atoms with Crippen molar-refractivity contribution in [2.45, 2.75) is 24.4 Å². The maximum absolute atomic E-state index is 12.9. The molecule has 2 aromatic carbocycles. The summed E-state index contributed by atoms with van der Waals surface area (Å²) in [5.41, 5.74) is 4.69. The molecule has 1 fully saturated rings. The summed E-state index contributed by atoms with van der Waals surface area (Å²) >= 11 is 0. The minimum Gasteiger partial charge on any atom is -0.492 e. The van der Waals surface area contributed by atoms with Gasteiger partial charge in [-0.25, -0.2) is 0 Å². The molecule has 0 unspecified atom stereocenters. The number of rotatable bonds is 6. The second kappa shape index (κ2) is 8.19. The molecule has 4 nitrogen and oxygen atoms in total. The van der Waals surface area contributed by atoms with Crippen LogP contribution in [-0.4, -0.2) is 19.1 Å². The van der Waals surface area contributed by atoms with Crippen LogP contribution in [0.25, 0.3) is 0 Å². The second-order valence-corrected chi connectivity index (χ2v) is 6.28. The molecule has 0 bridgehead atoms. The zero-order valence-electron chi connectivity index (χ0n) is 14.4. The fourth-order valence-corrected chi connectivity index (χ4v) is 2.83. The number of benzene rings is 2. The zero-order chi connectivity index (χ0) is 18.8. The quantitative estimate of drug-likeness (QED) is 0.766. The summed E-state index contributed by atoms with van der Waals surface area (Å²) in [6.07, 6.45) is -3.38. The van der Waals surface area contributed by atoms with Gasteiger partial charge in [0.25, 0.3) is 0 Å². The Morgan fingerprint density at radius 3 is 2.37 bits per heavy atom. The highest BCUT2D eigenvalue weighted by Gasteiger charge is 2.51. The number of carbonyl (C=O) groups is 1. The SMILES string of the molecule is Cl.NCCOc1ccc(NC(=O)C2(c3cccc(C(F)(F)F)c3)CC2)cc1. The van der Waals surface area contributed by atoms with Crippen molar-refractivity contribution in [3.05, 3.63) is 59.7 Å². The Balaban J connectivity index is 0.00000261. The van der Waals surface area contributed by atoms with E-state index in [9.17, 15) is 18.0 Å². The van der Waals surface area contributed by atoms with Crippen LogP contribution in [0, 0.1) is 0 Å². The molecule has 0 aliphatic heterocycles. The third-order valence-electron chi connectivity index (χ3n) is 4.43. The number of hydrogen-bond donors (Lipinski definition) is 2. The van der Waals surface area contributed by atoms with Gasteiger partial charge in [-0.05, 0) is 48.7 Å². The molecule has 3 rings (SSSR count). The van der Waals surface area contributed by atoms with Gasteiger partial charge in [0, 0.05) is 12.2 Å². The van der Waals surface area contributed by atoms with Crippen molar-refractivity contribution in [2.75, 3.05) is 18.5 Å². The fourth-order valence-electron chi connectivity index (χ4n) is 2.83. The minimum atomic E-state index is -4.43. The Morgan fingerprint density at radius 2 is 1.81 bits per heavy atom. The van der Waals surface area contributed by atoms with Crippen LogP contribution >= 0.6 is 12.4 Å². The number of ether oxygens (including phenoxy) is 1. The standard InChI is InChI=1S/C19H19F3N2O2.ClH/c20-19(21,22)14-3-1-2-13(12-14)18(8-9-18)17(25)24-15-4-6-16(7-5-15)26-11-10-23;/h1-7,12H,8-11,23H2,(H,24,25);1H. The lowest BCUT2D eigenvalue weighted by molar-refractivity contribution is -0.137. The van der Waals surface area contributed by atoms with Crippen LogP contribution in [0.3, 0.4) is 0 Å². The first kappa shape index (κ1) is 21.1. The predicted octanol–water partition coefficient (Wildman–Crippen LogP) is 4.14. The largest absolute Gasteiger partial charge is 0.492 e. The summed E-state index contributed by atoms with van der Waals surface area (Å²) in [5.74, 6) is 0.333. The first-order valence-electron chi connectivity index (χ1n) is 8.27. The van der Waals surface area contributed by atoms with Crippen molar-refractivity contribution in [1.82, 2.24) is 0 Å². The zero-order valence-corrected chi connectivity index (χ0v) is 15.2. The highest BCUT2D eigenvalue weighted by molar-refractivity contribution is 6.01. The van der Waals surface area contributed by atoms with E-state index in [4.69, 9.17) is 10.5 Å². The minimum absolute atomic E-state index is 0. The van der Waals surface area contributed by atoms with Gasteiger partial charge in [-0.3, -0.25) is 4.79 Å². The van der Waals surface area contributed by atoms with Crippen molar-refractivity contribution in [3.8, 4) is 5.75 Å². The van der Waals surface area contributed by atoms with Crippen LogP contribution in [0.2, 0.25) is 0 Å². The topological polar surface area (TPSA) is 64.3 Å². The molecular weight excluding hydrogens is 381 g/mol. The lowest BCUT2D eigenvalue weighted by Gasteiger charge is -2.17. The summed E-state index contributed by atoms with van der Waals surface area (Å²) in [7, 11) is 0. The summed E-state index contributed by atoms with van der Waals surface area (Å²) in [6.45, 7) is 0.794. The molecule has 0 spiro atoms. The molecule has 0 aromatic heterocycles. The Kier molecular flexibility index (Phi) is 6.38. The normalized spacial score (nSPS) is 14.8. The molecule has 3 N–H and O–H groups in total. The third kappa shape index (κ3) is 4.73. The molecule has 1 saturated carbocycles. The van der Waals surface area contributed by atoms with Gasteiger partial charge in [0.15, 0.2) is 0 Å². The van der Waals surface area contributed by atoms with Gasteiger partial charge in [0.2, 0.25) is 5.91 Å². The molecule has 0 radical (unpaired) electrons. The van der Waals surface area contributed by atoms with Gasteiger partial charge >= 0.3 is 6.18 Å². The summed E-state index contributed by atoms with van der Waals surface area (Å²) in [4.78, 5) is 12.7. The van der Waals surface area contributed by atoms with Crippen molar-refractivity contribution < 1.29 is 22.7 Å². The number of alkyl halides is 3. The Morgan fingerprint density at radius 1 is 1.15 bits per heavy atom. The predicted molar refractivity (Wildman–Crippen MR) is 99.2 cm³/mol. The summed E-state index contributed by atoms with van der Waals surface area (Å²) in [6, 6.07) is 11.8. The number of nitrogens with one attached hydrogen (secondary N) is 1. The maximum Gasteiger partial charge on any atom is 0.416 e. The molecular formula is C19H20ClF3N2O2. The summed E-state index contributed by atoms with van der Waals surface area (Å²) in [5, 5.41) is 2.78. The Bertz CT molecular complexity index is 790. The fraction of sp³-hybridized carbons (Fsp3) is 0.316. The number of nitrogens with two attached hydrogens (primary N) is 1. The van der Waals surface area contributed by atoms with E-state index < -0.39 is 17.2 Å².